The van der Waals surface area contributed by atoms with Crippen molar-refractivity contribution in [3.05, 3.63) is 77.1 Å². The second-order valence-electron chi connectivity index (χ2n) is 9.24. The number of nitrogens with zero attached hydrogens (tertiary/aromatic N) is 3. The molecule has 166 valence electrons. The van der Waals surface area contributed by atoms with Gasteiger partial charge in [-0.25, -0.2) is 4.68 Å². The number of rotatable bonds is 3. The smallest absolute Gasteiger partial charge is 0.251 e. The van der Waals surface area contributed by atoms with Crippen LogP contribution < -0.4 is 10.1 Å². The van der Waals surface area contributed by atoms with Crippen LogP contribution in [0.15, 0.2) is 54.6 Å². The molecule has 0 radical (unpaired) electrons. The SMILES string of the molecule is Cc1cc(C)n(-c2ccc(C(=O)NC3CC4(CCN(C)CC4)Oc4ccccc43)cc2)n1. The minimum Gasteiger partial charge on any atom is -0.487 e. The summed E-state index contributed by atoms with van der Waals surface area (Å²) in [6.07, 6.45) is 2.75. The maximum absolute atomic E-state index is 13.2. The molecular weight excluding hydrogens is 400 g/mol. The van der Waals surface area contributed by atoms with E-state index in [-0.39, 0.29) is 17.6 Å². The lowest BCUT2D eigenvalue weighted by Crippen LogP contribution is -2.51. The molecule has 1 unspecified atom stereocenters. The summed E-state index contributed by atoms with van der Waals surface area (Å²) >= 11 is 0. The predicted molar refractivity (Wildman–Crippen MR) is 124 cm³/mol. The van der Waals surface area contributed by atoms with Crippen molar-refractivity contribution in [2.75, 3.05) is 20.1 Å². The van der Waals surface area contributed by atoms with Gasteiger partial charge in [0.2, 0.25) is 0 Å². The van der Waals surface area contributed by atoms with Crippen molar-refractivity contribution in [1.29, 1.82) is 0 Å². The average molecular weight is 431 g/mol. The molecule has 0 bridgehead atoms. The van der Waals surface area contributed by atoms with E-state index < -0.39 is 0 Å². The third-order valence-corrected chi connectivity index (χ3v) is 6.78. The van der Waals surface area contributed by atoms with E-state index in [4.69, 9.17) is 4.74 Å². The number of nitrogens with one attached hydrogen (secondary N) is 1. The Morgan fingerprint density at radius 1 is 1.09 bits per heavy atom. The van der Waals surface area contributed by atoms with Gasteiger partial charge in [-0.15, -0.1) is 0 Å². The van der Waals surface area contributed by atoms with Crippen LogP contribution in [0.25, 0.3) is 5.69 Å². The van der Waals surface area contributed by atoms with Gasteiger partial charge in [0.1, 0.15) is 11.4 Å². The zero-order chi connectivity index (χ0) is 22.3. The Balaban J connectivity index is 1.36. The van der Waals surface area contributed by atoms with Crippen LogP contribution in [0.2, 0.25) is 0 Å². The number of hydrogen-bond donors (Lipinski definition) is 1. The number of benzene rings is 2. The third-order valence-electron chi connectivity index (χ3n) is 6.78. The summed E-state index contributed by atoms with van der Waals surface area (Å²) in [4.78, 5) is 15.5. The van der Waals surface area contributed by atoms with Crippen LogP contribution in [0, 0.1) is 13.8 Å². The molecule has 2 aromatic carbocycles. The summed E-state index contributed by atoms with van der Waals surface area (Å²) in [5.41, 5.74) is 4.50. The molecule has 0 aliphatic carbocycles. The Hall–Kier alpha value is -3.12. The van der Waals surface area contributed by atoms with Crippen molar-refractivity contribution in [1.82, 2.24) is 20.0 Å². The first-order chi connectivity index (χ1) is 15.4. The van der Waals surface area contributed by atoms with Crippen LogP contribution in [0.3, 0.4) is 0 Å². The van der Waals surface area contributed by atoms with E-state index in [1.807, 2.05) is 67.1 Å². The molecule has 5 rings (SSSR count). The Kier molecular flexibility index (Phi) is 5.25. The highest BCUT2D eigenvalue weighted by molar-refractivity contribution is 5.94. The van der Waals surface area contributed by atoms with Gasteiger partial charge in [-0.05, 0) is 70.1 Å². The zero-order valence-electron chi connectivity index (χ0n) is 19.0. The lowest BCUT2D eigenvalue weighted by atomic mass is 9.80. The van der Waals surface area contributed by atoms with Gasteiger partial charge in [-0.3, -0.25) is 4.79 Å². The molecule has 3 heterocycles. The first kappa shape index (κ1) is 20.8. The van der Waals surface area contributed by atoms with Crippen molar-refractivity contribution in [3.8, 4) is 11.4 Å². The van der Waals surface area contributed by atoms with Gasteiger partial charge in [0, 0.05) is 36.3 Å². The van der Waals surface area contributed by atoms with Gasteiger partial charge in [0.05, 0.1) is 17.4 Å². The van der Waals surface area contributed by atoms with Crippen LogP contribution in [-0.4, -0.2) is 46.3 Å². The molecule has 6 heteroatoms. The minimum atomic E-state index is -0.210. The molecular formula is C26H30N4O2. The molecule has 2 aliphatic heterocycles. The summed E-state index contributed by atoms with van der Waals surface area (Å²) in [5, 5.41) is 7.82. The number of fused-ring (bicyclic) bond motifs is 1. The van der Waals surface area contributed by atoms with Crippen molar-refractivity contribution in [2.45, 2.75) is 44.8 Å². The number of aryl methyl sites for hydroxylation is 2. The van der Waals surface area contributed by atoms with E-state index in [0.29, 0.717) is 5.56 Å². The van der Waals surface area contributed by atoms with Crippen molar-refractivity contribution < 1.29 is 9.53 Å². The largest absolute Gasteiger partial charge is 0.487 e. The lowest BCUT2D eigenvalue weighted by Gasteiger charge is -2.46. The van der Waals surface area contributed by atoms with Gasteiger partial charge < -0.3 is 15.0 Å². The molecule has 1 amide bonds. The van der Waals surface area contributed by atoms with Gasteiger partial charge in [0.15, 0.2) is 0 Å². The van der Waals surface area contributed by atoms with E-state index >= 15 is 0 Å². The monoisotopic (exact) mass is 430 g/mol. The van der Waals surface area contributed by atoms with Crippen LogP contribution >= 0.6 is 0 Å². The summed E-state index contributed by atoms with van der Waals surface area (Å²) in [6, 6.07) is 17.7. The first-order valence-corrected chi connectivity index (χ1v) is 11.3. The number of piperidine rings is 1. The second-order valence-corrected chi connectivity index (χ2v) is 9.24. The Morgan fingerprint density at radius 3 is 2.50 bits per heavy atom. The summed E-state index contributed by atoms with van der Waals surface area (Å²) in [6.45, 7) is 6.03. The number of para-hydroxylation sites is 1. The molecule has 1 N–H and O–H groups in total. The number of ether oxygens (including phenoxy) is 1. The highest BCUT2D eigenvalue weighted by Crippen LogP contribution is 2.44. The van der Waals surface area contributed by atoms with Crippen LogP contribution in [0.5, 0.6) is 5.75 Å². The van der Waals surface area contributed by atoms with E-state index in [0.717, 1.165) is 60.7 Å². The Bertz CT molecular complexity index is 1130. The maximum Gasteiger partial charge on any atom is 0.251 e. The van der Waals surface area contributed by atoms with E-state index in [2.05, 4.69) is 28.4 Å². The third kappa shape index (κ3) is 3.91. The molecule has 0 saturated carbocycles. The summed E-state index contributed by atoms with van der Waals surface area (Å²) < 4.78 is 8.41. The van der Waals surface area contributed by atoms with Gasteiger partial charge in [-0.2, -0.15) is 5.10 Å². The first-order valence-electron chi connectivity index (χ1n) is 11.3. The second kappa shape index (κ2) is 8.10. The number of carbonyl (C=O) groups is 1. The van der Waals surface area contributed by atoms with Crippen LogP contribution in [0.1, 0.15) is 52.6 Å². The molecule has 2 aliphatic rings. The predicted octanol–water partition coefficient (Wildman–Crippen LogP) is 4.21. The normalized spacial score (nSPS) is 19.9. The van der Waals surface area contributed by atoms with Gasteiger partial charge in [-0.1, -0.05) is 18.2 Å². The van der Waals surface area contributed by atoms with Gasteiger partial charge >= 0.3 is 0 Å². The molecule has 32 heavy (non-hydrogen) atoms. The number of aromatic nitrogens is 2. The van der Waals surface area contributed by atoms with Crippen LogP contribution in [0.4, 0.5) is 0 Å². The lowest BCUT2D eigenvalue weighted by molar-refractivity contribution is -0.0195. The number of likely N-dealkylation sites (tertiary alicyclic amines) is 1. The zero-order valence-corrected chi connectivity index (χ0v) is 19.0. The molecule has 1 aromatic heterocycles. The summed E-state index contributed by atoms with van der Waals surface area (Å²) in [5.74, 6) is 0.836. The highest BCUT2D eigenvalue weighted by atomic mass is 16.5. The molecule has 1 saturated heterocycles. The quantitative estimate of drug-likeness (QED) is 0.676. The Labute approximate surface area is 189 Å². The van der Waals surface area contributed by atoms with E-state index in [9.17, 15) is 4.79 Å². The molecule has 3 aromatic rings. The van der Waals surface area contributed by atoms with Crippen molar-refractivity contribution in [2.24, 2.45) is 0 Å². The topological polar surface area (TPSA) is 59.4 Å². The molecule has 6 nitrogen and oxygen atoms in total. The average Bonchev–Trinajstić information content (AvgIpc) is 3.14. The van der Waals surface area contributed by atoms with Gasteiger partial charge in [0.25, 0.3) is 5.91 Å². The molecule has 1 spiro atoms. The molecule has 1 atom stereocenters. The Morgan fingerprint density at radius 2 is 1.81 bits per heavy atom. The van der Waals surface area contributed by atoms with E-state index in [1.165, 1.54) is 0 Å². The summed E-state index contributed by atoms with van der Waals surface area (Å²) in [7, 11) is 2.15. The standard InChI is InChI=1S/C26H30N4O2/c1-18-16-19(2)30(28-18)21-10-8-20(9-11-21)25(31)27-23-17-26(12-14-29(3)15-13-26)32-24-7-5-4-6-22(23)24/h4-11,16,23H,12-15,17H2,1-3H3,(H,27,31). The highest BCUT2D eigenvalue weighted by Gasteiger charge is 2.43. The fraction of sp³-hybridized carbons (Fsp3) is 0.385. The van der Waals surface area contributed by atoms with E-state index in [1.54, 1.807) is 0 Å². The minimum absolute atomic E-state index is 0.0605. The molecule has 1 fully saturated rings. The number of amides is 1. The van der Waals surface area contributed by atoms with Crippen molar-refractivity contribution in [3.63, 3.8) is 0 Å². The number of carbonyl (C=O) groups excluding carboxylic acids is 1. The fourth-order valence-electron chi connectivity index (χ4n) is 4.97. The number of hydrogen-bond acceptors (Lipinski definition) is 4. The van der Waals surface area contributed by atoms with Crippen molar-refractivity contribution >= 4 is 5.91 Å². The van der Waals surface area contributed by atoms with Crippen LogP contribution in [-0.2, 0) is 0 Å². The maximum atomic E-state index is 13.2. The fourth-order valence-corrected chi connectivity index (χ4v) is 4.97.